The highest BCUT2D eigenvalue weighted by Gasteiger charge is 2.21. The van der Waals surface area contributed by atoms with Crippen LogP contribution in [0.5, 0.6) is 0 Å². The molecule has 10 heteroatoms. The highest BCUT2D eigenvalue weighted by atomic mass is 32.1. The number of aryl methyl sites for hydroxylation is 2. The number of anilines is 1. The van der Waals surface area contributed by atoms with Crippen molar-refractivity contribution in [2.45, 2.75) is 54.7 Å². The third kappa shape index (κ3) is 5.52. The quantitative estimate of drug-likeness (QED) is 0.275. The molecule has 9 nitrogen and oxygen atoms in total. The molecule has 0 saturated heterocycles. The topological polar surface area (TPSA) is 133 Å². The van der Waals surface area contributed by atoms with E-state index in [0.29, 0.717) is 26.6 Å². The number of aromatic nitrogens is 3. The second-order valence-corrected chi connectivity index (χ2v) is 9.56. The van der Waals surface area contributed by atoms with Crippen molar-refractivity contribution in [1.29, 1.82) is 5.26 Å². The summed E-state index contributed by atoms with van der Waals surface area (Å²) in [6.45, 7) is 12.5. The van der Waals surface area contributed by atoms with Crippen LogP contribution in [-0.2, 0) is 27.4 Å². The number of esters is 2. The lowest BCUT2D eigenvalue weighted by atomic mass is 10.1. The van der Waals surface area contributed by atoms with Gasteiger partial charge in [-0.2, -0.15) is 5.26 Å². The average molecular weight is 496 g/mol. The van der Waals surface area contributed by atoms with Crippen LogP contribution in [0.2, 0.25) is 0 Å². The summed E-state index contributed by atoms with van der Waals surface area (Å²) in [5.41, 5.74) is 9.45. The zero-order valence-electron chi connectivity index (χ0n) is 20.8. The number of carbonyl (C=O) groups is 2. The van der Waals surface area contributed by atoms with Gasteiger partial charge in [-0.1, -0.05) is 13.8 Å². The van der Waals surface area contributed by atoms with Gasteiger partial charge in [-0.15, -0.1) is 11.3 Å². The number of nitrogens with zero attached hydrogens (tertiary/aromatic N) is 4. The maximum Gasteiger partial charge on any atom is 0.349 e. The summed E-state index contributed by atoms with van der Waals surface area (Å²) in [4.78, 5) is 34.3. The van der Waals surface area contributed by atoms with Crippen LogP contribution in [0.1, 0.15) is 58.8 Å². The summed E-state index contributed by atoms with van der Waals surface area (Å²) < 4.78 is 12.6. The smallest absolute Gasteiger partial charge is 0.349 e. The van der Waals surface area contributed by atoms with E-state index in [1.165, 1.54) is 6.08 Å². The number of fused-ring (bicyclic) bond motifs is 1. The van der Waals surface area contributed by atoms with E-state index in [4.69, 9.17) is 15.2 Å². The van der Waals surface area contributed by atoms with Gasteiger partial charge in [0.15, 0.2) is 12.4 Å². The van der Waals surface area contributed by atoms with E-state index in [2.05, 4.69) is 28.4 Å². The van der Waals surface area contributed by atoms with Crippen molar-refractivity contribution >= 4 is 45.4 Å². The van der Waals surface area contributed by atoms with Crippen LogP contribution >= 0.6 is 11.3 Å². The minimum atomic E-state index is -0.780. The number of nitrogens with two attached hydrogens (primary N) is 1. The molecule has 0 unspecified atom stereocenters. The molecule has 3 rings (SSSR count). The van der Waals surface area contributed by atoms with Crippen LogP contribution in [0.25, 0.3) is 16.3 Å². The van der Waals surface area contributed by atoms with Crippen molar-refractivity contribution in [2.75, 3.05) is 12.3 Å². The largest absolute Gasteiger partial charge is 0.462 e. The first-order valence-corrected chi connectivity index (χ1v) is 12.1. The summed E-state index contributed by atoms with van der Waals surface area (Å²) in [5.74, 6) is -0.413. The molecule has 35 heavy (non-hydrogen) atoms. The van der Waals surface area contributed by atoms with Gasteiger partial charge in [0.25, 0.3) is 0 Å². The molecule has 3 heterocycles. The fraction of sp³-hybridized carbons (Fsp3) is 0.400. The molecule has 2 N–H and O–H groups in total. The number of thiophene rings is 1. The van der Waals surface area contributed by atoms with Gasteiger partial charge in [0, 0.05) is 17.9 Å². The average Bonchev–Trinajstić information content (AvgIpc) is 3.27. The molecule has 0 radical (unpaired) electrons. The minimum Gasteiger partial charge on any atom is -0.462 e. The summed E-state index contributed by atoms with van der Waals surface area (Å²) in [5, 5.41) is 10.1. The van der Waals surface area contributed by atoms with Gasteiger partial charge in [0.1, 0.15) is 27.2 Å². The molecule has 0 aromatic carbocycles. The van der Waals surface area contributed by atoms with Crippen LogP contribution in [0.3, 0.4) is 0 Å². The predicted molar refractivity (Wildman–Crippen MR) is 135 cm³/mol. The molecule has 0 spiro atoms. The Balaban J connectivity index is 1.81. The monoisotopic (exact) mass is 495 g/mol. The summed E-state index contributed by atoms with van der Waals surface area (Å²) in [6, 6.07) is 3.87. The van der Waals surface area contributed by atoms with Crippen LogP contribution in [0.15, 0.2) is 11.6 Å². The molecule has 0 saturated carbocycles. The molecule has 0 fully saturated rings. The molecule has 0 amide bonds. The fourth-order valence-electron chi connectivity index (χ4n) is 3.79. The number of rotatable bonds is 8. The van der Waals surface area contributed by atoms with Crippen LogP contribution in [-0.4, -0.2) is 33.1 Å². The van der Waals surface area contributed by atoms with Crippen LogP contribution in [0.4, 0.5) is 5.82 Å². The van der Waals surface area contributed by atoms with E-state index in [0.717, 1.165) is 34.8 Å². The van der Waals surface area contributed by atoms with Gasteiger partial charge in [-0.25, -0.2) is 19.6 Å². The molecule has 3 aromatic heterocycles. The molecule has 0 bridgehead atoms. The van der Waals surface area contributed by atoms with Gasteiger partial charge >= 0.3 is 11.9 Å². The molecule has 184 valence electrons. The highest BCUT2D eigenvalue weighted by molar-refractivity contribution is 7.20. The van der Waals surface area contributed by atoms with Gasteiger partial charge in [-0.3, -0.25) is 0 Å². The van der Waals surface area contributed by atoms with Crippen molar-refractivity contribution in [1.82, 2.24) is 14.5 Å². The summed E-state index contributed by atoms with van der Waals surface area (Å²) in [6.07, 6.45) is 1.54. The standard InChI is InChI=1S/C25H29N5O4S/c1-7-33-25(32)21-15(5)20-22(27)28-19(29-23(20)35-21)12-34-24(31)18(10-26)9-17-8-14(4)30(16(17)6)11-13(2)3/h8-9,13H,7,11-12H2,1-6H3,(H2,27,28,29)/b18-9+. The van der Waals surface area contributed by atoms with E-state index in [9.17, 15) is 14.9 Å². The van der Waals surface area contributed by atoms with Gasteiger partial charge in [0.2, 0.25) is 0 Å². The molecule has 0 aliphatic carbocycles. The minimum absolute atomic E-state index is 0.125. The number of hydrogen-bond donors (Lipinski definition) is 1. The SMILES string of the molecule is CCOC(=O)c1sc2nc(COC(=O)/C(C#N)=C/c3cc(C)n(CC(C)C)c3C)nc(N)c2c1C. The second kappa shape index (κ2) is 10.7. The van der Waals surface area contributed by atoms with Gasteiger partial charge in [-0.05, 0) is 56.9 Å². The Labute approximate surface area is 208 Å². The molecular formula is C25H29N5O4S. The van der Waals surface area contributed by atoms with E-state index >= 15 is 0 Å². The lowest BCUT2D eigenvalue weighted by molar-refractivity contribution is -0.139. The maximum absolute atomic E-state index is 12.6. The Kier molecular flexibility index (Phi) is 7.92. The molecular weight excluding hydrogens is 466 g/mol. The number of nitrogen functional groups attached to an aromatic ring is 1. The number of nitriles is 1. The normalized spacial score (nSPS) is 11.7. The fourth-order valence-corrected chi connectivity index (χ4v) is 4.89. The number of hydrogen-bond acceptors (Lipinski definition) is 9. The lowest BCUT2D eigenvalue weighted by Crippen LogP contribution is -2.10. The van der Waals surface area contributed by atoms with Crippen LogP contribution in [0, 0.1) is 38.0 Å². The Hall–Kier alpha value is -3.71. The highest BCUT2D eigenvalue weighted by Crippen LogP contribution is 2.33. The zero-order valence-corrected chi connectivity index (χ0v) is 21.6. The number of carbonyl (C=O) groups excluding carboxylic acids is 2. The molecule has 0 aliphatic heterocycles. The van der Waals surface area contributed by atoms with Crippen molar-refractivity contribution in [3.63, 3.8) is 0 Å². The van der Waals surface area contributed by atoms with Crippen molar-refractivity contribution in [3.05, 3.63) is 44.9 Å². The Morgan fingerprint density at radius 1 is 1.26 bits per heavy atom. The van der Waals surface area contributed by atoms with Crippen molar-refractivity contribution < 1.29 is 19.1 Å². The predicted octanol–water partition coefficient (Wildman–Crippen LogP) is 4.48. The maximum atomic E-state index is 12.6. The van der Waals surface area contributed by atoms with Crippen LogP contribution < -0.4 is 5.73 Å². The van der Waals surface area contributed by atoms with Gasteiger partial charge < -0.3 is 19.8 Å². The Morgan fingerprint density at radius 3 is 2.60 bits per heavy atom. The second-order valence-electron chi connectivity index (χ2n) is 8.56. The molecule has 0 aliphatic rings. The number of ether oxygens (including phenoxy) is 2. The van der Waals surface area contributed by atoms with E-state index in [1.807, 2.05) is 26.0 Å². The lowest BCUT2D eigenvalue weighted by Gasteiger charge is -2.12. The summed E-state index contributed by atoms with van der Waals surface area (Å²) in [7, 11) is 0. The zero-order chi connectivity index (χ0) is 25.9. The Bertz CT molecular complexity index is 1360. The molecule has 0 atom stereocenters. The summed E-state index contributed by atoms with van der Waals surface area (Å²) >= 11 is 1.14. The van der Waals surface area contributed by atoms with Crippen molar-refractivity contribution in [3.8, 4) is 6.07 Å². The first-order chi connectivity index (χ1) is 16.6. The Morgan fingerprint density at radius 2 is 1.97 bits per heavy atom. The third-order valence-electron chi connectivity index (χ3n) is 5.46. The first-order valence-electron chi connectivity index (χ1n) is 11.3. The van der Waals surface area contributed by atoms with E-state index in [1.54, 1.807) is 13.8 Å². The van der Waals surface area contributed by atoms with Crippen molar-refractivity contribution in [2.24, 2.45) is 5.92 Å². The third-order valence-corrected chi connectivity index (χ3v) is 6.62. The van der Waals surface area contributed by atoms with E-state index in [-0.39, 0.29) is 30.4 Å². The molecule has 3 aromatic rings. The van der Waals surface area contributed by atoms with Gasteiger partial charge in [0.05, 0.1) is 12.0 Å². The van der Waals surface area contributed by atoms with E-state index < -0.39 is 11.9 Å². The first kappa shape index (κ1) is 25.9.